The number of nitrogens with two attached hydrogens (primary N) is 1. The number of nitrogens with one attached hydrogen (secondary N) is 1. The third-order valence-electron chi connectivity index (χ3n) is 2.35. The van der Waals surface area contributed by atoms with Gasteiger partial charge in [-0.25, -0.2) is 4.72 Å². The van der Waals surface area contributed by atoms with Crippen molar-refractivity contribution in [1.29, 1.82) is 0 Å². The maximum Gasteiger partial charge on any atom is 0.0774 e. The normalized spacial score (nSPS) is 18.2. The van der Waals surface area contributed by atoms with Crippen LogP contribution < -0.4 is 10.5 Å². The summed E-state index contributed by atoms with van der Waals surface area (Å²) in [7, 11) is 0. The Hall–Kier alpha value is -0.190. The van der Waals surface area contributed by atoms with Gasteiger partial charge in [0.1, 0.15) is 0 Å². The molecule has 3 N–H and O–H groups in total. The van der Waals surface area contributed by atoms with Crippen LogP contribution in [-0.4, -0.2) is 24.7 Å². The van der Waals surface area contributed by atoms with E-state index in [0.717, 1.165) is 26.2 Å². The van der Waals surface area contributed by atoms with E-state index in [2.05, 4.69) is 23.5 Å². The average Bonchev–Trinajstić information content (AvgIpc) is 2.13. The number of hydrogen-bond acceptors (Lipinski definition) is 4. The van der Waals surface area contributed by atoms with Crippen molar-refractivity contribution in [3.8, 4) is 0 Å². The van der Waals surface area contributed by atoms with Gasteiger partial charge in [-0.1, -0.05) is 0 Å². The van der Waals surface area contributed by atoms with Gasteiger partial charge < -0.3 is 10.6 Å². The summed E-state index contributed by atoms with van der Waals surface area (Å²) in [6.45, 7) is 7.22. The molecule has 0 radical (unpaired) electrons. The molecule has 3 nitrogen and oxygen atoms in total. The van der Waals surface area contributed by atoms with Crippen LogP contribution in [0.2, 0.25) is 0 Å². The summed E-state index contributed by atoms with van der Waals surface area (Å²) in [4.78, 5) is 3.75. The molecular formula is C9H19N3S. The molecule has 0 spiro atoms. The lowest BCUT2D eigenvalue weighted by Crippen LogP contribution is -2.34. The van der Waals surface area contributed by atoms with Crippen LogP contribution in [0.15, 0.2) is 10.6 Å². The smallest absolute Gasteiger partial charge is 0.0774 e. The van der Waals surface area contributed by atoms with Crippen molar-refractivity contribution in [1.82, 2.24) is 9.62 Å². The van der Waals surface area contributed by atoms with Gasteiger partial charge in [-0.15, -0.1) is 0 Å². The molecule has 0 aliphatic carbocycles. The standard InChI is InChI=1S/C9H19N3S/c1-8-9(2)13-11-7-12(8)6-4-3-5-10/h11H,3-7,10H2,1-2H3. The van der Waals surface area contributed by atoms with E-state index in [1.54, 1.807) is 11.9 Å². The molecule has 13 heavy (non-hydrogen) atoms. The van der Waals surface area contributed by atoms with Crippen LogP contribution in [0, 0.1) is 0 Å². The Morgan fingerprint density at radius 1 is 1.46 bits per heavy atom. The lowest BCUT2D eigenvalue weighted by Gasteiger charge is -2.31. The molecule has 0 aromatic rings. The van der Waals surface area contributed by atoms with E-state index in [1.165, 1.54) is 17.0 Å². The largest absolute Gasteiger partial charge is 0.361 e. The molecular weight excluding hydrogens is 182 g/mol. The van der Waals surface area contributed by atoms with Gasteiger partial charge in [0.15, 0.2) is 0 Å². The van der Waals surface area contributed by atoms with E-state index >= 15 is 0 Å². The predicted molar refractivity (Wildman–Crippen MR) is 59.0 cm³/mol. The molecule has 0 saturated carbocycles. The first kappa shape index (κ1) is 10.9. The monoisotopic (exact) mass is 201 g/mol. The molecule has 76 valence electrons. The van der Waals surface area contributed by atoms with Crippen molar-refractivity contribution in [3.63, 3.8) is 0 Å². The zero-order valence-corrected chi connectivity index (χ0v) is 9.28. The topological polar surface area (TPSA) is 41.3 Å². The van der Waals surface area contributed by atoms with Crippen molar-refractivity contribution in [2.75, 3.05) is 19.8 Å². The molecule has 0 aromatic carbocycles. The maximum atomic E-state index is 5.46. The molecule has 4 heteroatoms. The molecule has 0 atom stereocenters. The van der Waals surface area contributed by atoms with Crippen LogP contribution in [0.1, 0.15) is 26.7 Å². The summed E-state index contributed by atoms with van der Waals surface area (Å²) in [5, 5.41) is 0. The van der Waals surface area contributed by atoms with Gasteiger partial charge in [-0.3, -0.25) is 0 Å². The first-order chi connectivity index (χ1) is 6.25. The second-order valence-corrected chi connectivity index (χ2v) is 4.41. The Kier molecular flexibility index (Phi) is 4.62. The van der Waals surface area contributed by atoms with Crippen LogP contribution >= 0.6 is 11.9 Å². The fraction of sp³-hybridized carbons (Fsp3) is 0.778. The number of nitrogens with zero attached hydrogens (tertiary/aromatic N) is 1. The molecule has 1 rings (SSSR count). The third kappa shape index (κ3) is 3.21. The lowest BCUT2D eigenvalue weighted by molar-refractivity contribution is 0.330. The van der Waals surface area contributed by atoms with Crippen molar-refractivity contribution < 1.29 is 0 Å². The summed E-state index contributed by atoms with van der Waals surface area (Å²) in [5.41, 5.74) is 6.86. The second-order valence-electron chi connectivity index (χ2n) is 3.31. The van der Waals surface area contributed by atoms with E-state index in [9.17, 15) is 0 Å². The highest BCUT2D eigenvalue weighted by molar-refractivity contribution is 8.01. The first-order valence-electron chi connectivity index (χ1n) is 4.78. The van der Waals surface area contributed by atoms with Crippen molar-refractivity contribution >= 4 is 11.9 Å². The molecule has 1 aliphatic rings. The van der Waals surface area contributed by atoms with Gasteiger partial charge in [-0.05, 0) is 45.2 Å². The van der Waals surface area contributed by atoms with E-state index in [1.807, 2.05) is 0 Å². The van der Waals surface area contributed by atoms with Crippen molar-refractivity contribution in [2.45, 2.75) is 26.7 Å². The summed E-state index contributed by atoms with van der Waals surface area (Å²) in [5.74, 6) is 0. The van der Waals surface area contributed by atoms with Crippen LogP contribution in [0.25, 0.3) is 0 Å². The molecule has 0 amide bonds. The van der Waals surface area contributed by atoms with Gasteiger partial charge in [0, 0.05) is 17.1 Å². The summed E-state index contributed by atoms with van der Waals surface area (Å²) >= 11 is 1.73. The number of unbranched alkanes of at least 4 members (excludes halogenated alkanes) is 1. The summed E-state index contributed by atoms with van der Waals surface area (Å²) in [6, 6.07) is 0. The summed E-state index contributed by atoms with van der Waals surface area (Å²) in [6.07, 6.45) is 2.31. The highest BCUT2D eigenvalue weighted by Crippen LogP contribution is 2.23. The molecule has 0 bridgehead atoms. The number of allylic oxidation sites excluding steroid dienone is 2. The zero-order chi connectivity index (χ0) is 9.68. The molecule has 1 heterocycles. The van der Waals surface area contributed by atoms with Gasteiger partial charge in [-0.2, -0.15) is 0 Å². The van der Waals surface area contributed by atoms with Crippen molar-refractivity contribution in [3.05, 3.63) is 10.6 Å². The molecule has 0 aromatic heterocycles. The fourth-order valence-electron chi connectivity index (χ4n) is 1.33. The van der Waals surface area contributed by atoms with Gasteiger partial charge in [0.05, 0.1) is 6.67 Å². The maximum absolute atomic E-state index is 5.46. The molecule has 1 aliphatic heterocycles. The van der Waals surface area contributed by atoms with Crippen LogP contribution in [0.3, 0.4) is 0 Å². The molecule has 0 fully saturated rings. The molecule has 0 saturated heterocycles. The van der Waals surface area contributed by atoms with Gasteiger partial charge in [0.2, 0.25) is 0 Å². The molecule has 0 unspecified atom stereocenters. The summed E-state index contributed by atoms with van der Waals surface area (Å²) < 4.78 is 3.30. The average molecular weight is 201 g/mol. The Bertz CT molecular complexity index is 191. The van der Waals surface area contributed by atoms with E-state index in [-0.39, 0.29) is 0 Å². The fourth-order valence-corrected chi connectivity index (χ4v) is 2.04. The number of rotatable bonds is 4. The van der Waals surface area contributed by atoms with Crippen LogP contribution in [-0.2, 0) is 0 Å². The Labute approximate surface area is 84.9 Å². The van der Waals surface area contributed by atoms with E-state index in [4.69, 9.17) is 5.73 Å². The van der Waals surface area contributed by atoms with Gasteiger partial charge >= 0.3 is 0 Å². The minimum Gasteiger partial charge on any atom is -0.361 e. The van der Waals surface area contributed by atoms with Gasteiger partial charge in [0.25, 0.3) is 0 Å². The Morgan fingerprint density at radius 2 is 2.23 bits per heavy atom. The second kappa shape index (κ2) is 5.52. The van der Waals surface area contributed by atoms with Crippen molar-refractivity contribution in [2.24, 2.45) is 5.73 Å². The SMILES string of the molecule is CC1=C(C)N(CCCCN)CNS1. The third-order valence-corrected chi connectivity index (χ3v) is 3.22. The van der Waals surface area contributed by atoms with Crippen LogP contribution in [0.5, 0.6) is 0 Å². The first-order valence-corrected chi connectivity index (χ1v) is 5.59. The predicted octanol–water partition coefficient (Wildman–Crippen LogP) is 1.49. The highest BCUT2D eigenvalue weighted by Gasteiger charge is 2.12. The van der Waals surface area contributed by atoms with Crippen LogP contribution in [0.4, 0.5) is 0 Å². The minimum atomic E-state index is 0.803. The Morgan fingerprint density at radius 3 is 2.92 bits per heavy atom. The lowest BCUT2D eigenvalue weighted by atomic mass is 10.3. The Balaban J connectivity index is 2.36. The zero-order valence-electron chi connectivity index (χ0n) is 8.47. The highest BCUT2D eigenvalue weighted by atomic mass is 32.2. The minimum absolute atomic E-state index is 0.803. The quantitative estimate of drug-likeness (QED) is 0.534. The van der Waals surface area contributed by atoms with E-state index < -0.39 is 0 Å². The van der Waals surface area contributed by atoms with E-state index in [0.29, 0.717) is 0 Å². The number of hydrogen-bond donors (Lipinski definition) is 2.